The zero-order valence-electron chi connectivity index (χ0n) is 9.33. The molecule has 0 aromatic heterocycles. The van der Waals surface area contributed by atoms with Gasteiger partial charge in [0.1, 0.15) is 0 Å². The number of rotatable bonds is 3. The molecule has 18 heavy (non-hydrogen) atoms. The second kappa shape index (κ2) is 6.04. The Labute approximate surface area is 124 Å². The van der Waals surface area contributed by atoms with Gasteiger partial charge in [0.25, 0.3) is 0 Å². The molecule has 0 radical (unpaired) electrons. The molecular weight excluding hydrogens is 335 g/mol. The van der Waals surface area contributed by atoms with Crippen molar-refractivity contribution in [3.05, 3.63) is 68.1 Å². The van der Waals surface area contributed by atoms with Gasteiger partial charge in [-0.1, -0.05) is 51.3 Å². The first-order chi connectivity index (χ1) is 8.61. The third-order valence-corrected chi connectivity index (χ3v) is 3.69. The van der Waals surface area contributed by atoms with Crippen molar-refractivity contribution >= 4 is 39.1 Å². The van der Waals surface area contributed by atoms with Gasteiger partial charge in [-0.2, -0.15) is 0 Å². The number of benzene rings is 2. The predicted molar refractivity (Wildman–Crippen MR) is 79.8 cm³/mol. The molecule has 5 heteroatoms. The van der Waals surface area contributed by atoms with Crippen molar-refractivity contribution in [3.8, 4) is 0 Å². The summed E-state index contributed by atoms with van der Waals surface area (Å²) in [6.45, 7) is 0. The number of nitrogens with two attached hydrogens (primary N) is 1. The van der Waals surface area contributed by atoms with Crippen LogP contribution < -0.4 is 11.3 Å². The van der Waals surface area contributed by atoms with Crippen molar-refractivity contribution in [2.75, 3.05) is 0 Å². The van der Waals surface area contributed by atoms with E-state index in [4.69, 9.17) is 29.0 Å². The summed E-state index contributed by atoms with van der Waals surface area (Å²) in [5.74, 6) is 5.64. The van der Waals surface area contributed by atoms with E-state index in [1.165, 1.54) is 0 Å². The van der Waals surface area contributed by atoms with E-state index in [2.05, 4.69) is 21.4 Å². The Balaban J connectivity index is 2.48. The Bertz CT molecular complexity index is 560. The summed E-state index contributed by atoms with van der Waals surface area (Å²) in [5, 5.41) is 1.26. The average Bonchev–Trinajstić information content (AvgIpc) is 2.35. The fraction of sp³-hybridized carbons (Fsp3) is 0.0769. The Morgan fingerprint density at radius 1 is 1.11 bits per heavy atom. The van der Waals surface area contributed by atoms with E-state index < -0.39 is 0 Å². The molecule has 0 heterocycles. The SMILES string of the molecule is NNC(c1cccc(Br)c1)c1cc(Cl)ccc1Cl. The van der Waals surface area contributed by atoms with Gasteiger partial charge in [-0.15, -0.1) is 0 Å². The summed E-state index contributed by atoms with van der Waals surface area (Å²) >= 11 is 15.6. The van der Waals surface area contributed by atoms with Gasteiger partial charge in [0.05, 0.1) is 6.04 Å². The van der Waals surface area contributed by atoms with Crippen molar-refractivity contribution in [3.63, 3.8) is 0 Å². The van der Waals surface area contributed by atoms with Crippen LogP contribution in [0.1, 0.15) is 17.2 Å². The summed E-state index contributed by atoms with van der Waals surface area (Å²) in [6.07, 6.45) is 0. The normalized spacial score (nSPS) is 12.4. The van der Waals surface area contributed by atoms with Crippen molar-refractivity contribution in [1.82, 2.24) is 5.43 Å². The molecule has 0 saturated heterocycles. The maximum atomic E-state index is 6.19. The van der Waals surface area contributed by atoms with Crippen LogP contribution >= 0.6 is 39.1 Å². The molecule has 1 unspecified atom stereocenters. The van der Waals surface area contributed by atoms with Gasteiger partial charge in [-0.25, -0.2) is 5.43 Å². The molecule has 2 aromatic carbocycles. The molecule has 2 rings (SSSR count). The van der Waals surface area contributed by atoms with Gasteiger partial charge in [-0.05, 0) is 41.5 Å². The van der Waals surface area contributed by atoms with Crippen molar-refractivity contribution in [2.24, 2.45) is 5.84 Å². The van der Waals surface area contributed by atoms with Crippen LogP contribution in [0, 0.1) is 0 Å². The van der Waals surface area contributed by atoms with Crippen LogP contribution in [0.25, 0.3) is 0 Å². The number of hydrogen-bond acceptors (Lipinski definition) is 2. The van der Waals surface area contributed by atoms with Crippen LogP contribution in [-0.4, -0.2) is 0 Å². The summed E-state index contributed by atoms with van der Waals surface area (Å²) < 4.78 is 0.985. The van der Waals surface area contributed by atoms with E-state index in [-0.39, 0.29) is 6.04 Å². The summed E-state index contributed by atoms with van der Waals surface area (Å²) in [6, 6.07) is 13.0. The van der Waals surface area contributed by atoms with Crippen LogP contribution in [0.3, 0.4) is 0 Å². The largest absolute Gasteiger partial charge is 0.271 e. The van der Waals surface area contributed by atoms with Gasteiger partial charge in [-0.3, -0.25) is 5.84 Å². The zero-order chi connectivity index (χ0) is 13.1. The summed E-state index contributed by atoms with van der Waals surface area (Å²) in [7, 11) is 0. The minimum absolute atomic E-state index is 0.200. The predicted octanol–water partition coefficient (Wildman–Crippen LogP) is 4.31. The van der Waals surface area contributed by atoms with Crippen LogP contribution in [0.5, 0.6) is 0 Å². The number of hydrazine groups is 1. The number of hydrogen-bond donors (Lipinski definition) is 2. The smallest absolute Gasteiger partial charge is 0.0725 e. The molecular formula is C13H11BrCl2N2. The van der Waals surface area contributed by atoms with Crippen molar-refractivity contribution in [1.29, 1.82) is 0 Å². The lowest BCUT2D eigenvalue weighted by molar-refractivity contribution is 0.637. The quantitative estimate of drug-likeness (QED) is 0.642. The highest BCUT2D eigenvalue weighted by atomic mass is 79.9. The zero-order valence-corrected chi connectivity index (χ0v) is 12.4. The third kappa shape index (κ3) is 3.05. The lowest BCUT2D eigenvalue weighted by Crippen LogP contribution is -2.29. The Hall–Kier alpha value is -0.580. The third-order valence-electron chi connectivity index (χ3n) is 2.62. The van der Waals surface area contributed by atoms with Crippen molar-refractivity contribution in [2.45, 2.75) is 6.04 Å². The highest BCUT2D eigenvalue weighted by molar-refractivity contribution is 9.10. The van der Waals surface area contributed by atoms with E-state index >= 15 is 0 Å². The standard InChI is InChI=1S/C13H11BrCl2N2/c14-9-3-1-2-8(6-9)13(18-17)11-7-10(15)4-5-12(11)16/h1-7,13,18H,17H2. The lowest BCUT2D eigenvalue weighted by Gasteiger charge is -2.18. The minimum atomic E-state index is -0.200. The Morgan fingerprint density at radius 2 is 1.89 bits per heavy atom. The number of halogens is 3. The molecule has 3 N–H and O–H groups in total. The molecule has 94 valence electrons. The van der Waals surface area contributed by atoms with E-state index in [1.54, 1.807) is 12.1 Å². The van der Waals surface area contributed by atoms with Crippen LogP contribution in [0.4, 0.5) is 0 Å². The molecule has 0 amide bonds. The molecule has 0 aliphatic carbocycles. The Morgan fingerprint density at radius 3 is 2.56 bits per heavy atom. The lowest BCUT2D eigenvalue weighted by atomic mass is 9.99. The van der Waals surface area contributed by atoms with Gasteiger partial charge in [0.15, 0.2) is 0 Å². The van der Waals surface area contributed by atoms with Crippen LogP contribution in [0.15, 0.2) is 46.9 Å². The highest BCUT2D eigenvalue weighted by Gasteiger charge is 2.16. The van der Waals surface area contributed by atoms with Crippen molar-refractivity contribution < 1.29 is 0 Å². The summed E-state index contributed by atoms with van der Waals surface area (Å²) in [4.78, 5) is 0. The molecule has 2 nitrogen and oxygen atoms in total. The fourth-order valence-electron chi connectivity index (χ4n) is 1.79. The second-order valence-corrected chi connectivity index (χ2v) is 5.58. The fourth-order valence-corrected chi connectivity index (χ4v) is 2.61. The molecule has 1 atom stereocenters. The molecule has 0 bridgehead atoms. The summed E-state index contributed by atoms with van der Waals surface area (Å²) in [5.41, 5.74) is 4.63. The average molecular weight is 346 g/mol. The Kier molecular flexibility index (Phi) is 4.65. The molecule has 0 saturated carbocycles. The van der Waals surface area contributed by atoms with E-state index in [0.29, 0.717) is 10.0 Å². The van der Waals surface area contributed by atoms with Gasteiger partial charge >= 0.3 is 0 Å². The second-order valence-electron chi connectivity index (χ2n) is 3.82. The van der Waals surface area contributed by atoms with Gasteiger partial charge < -0.3 is 0 Å². The highest BCUT2D eigenvalue weighted by Crippen LogP contribution is 2.31. The molecule has 0 aliphatic rings. The molecule has 0 spiro atoms. The topological polar surface area (TPSA) is 38.0 Å². The molecule has 2 aromatic rings. The monoisotopic (exact) mass is 344 g/mol. The molecule has 0 fully saturated rings. The minimum Gasteiger partial charge on any atom is -0.271 e. The first kappa shape index (κ1) is 13.8. The number of nitrogens with one attached hydrogen (secondary N) is 1. The van der Waals surface area contributed by atoms with E-state index in [0.717, 1.165) is 15.6 Å². The van der Waals surface area contributed by atoms with E-state index in [9.17, 15) is 0 Å². The first-order valence-electron chi connectivity index (χ1n) is 5.28. The maximum Gasteiger partial charge on any atom is 0.0725 e. The van der Waals surface area contributed by atoms with Gasteiger partial charge in [0, 0.05) is 14.5 Å². The van der Waals surface area contributed by atoms with Crippen LogP contribution in [-0.2, 0) is 0 Å². The molecule has 0 aliphatic heterocycles. The first-order valence-corrected chi connectivity index (χ1v) is 6.83. The van der Waals surface area contributed by atoms with E-state index in [1.807, 2.05) is 30.3 Å². The van der Waals surface area contributed by atoms with Crippen LogP contribution in [0.2, 0.25) is 10.0 Å². The maximum absolute atomic E-state index is 6.19. The van der Waals surface area contributed by atoms with Gasteiger partial charge in [0.2, 0.25) is 0 Å².